The first-order valence-corrected chi connectivity index (χ1v) is 12.4. The van der Waals surface area contributed by atoms with Gasteiger partial charge in [0, 0.05) is 55.6 Å². The molecule has 0 atom stereocenters. The summed E-state index contributed by atoms with van der Waals surface area (Å²) in [5.74, 6) is 2.04. The number of hydrogen-bond donors (Lipinski definition) is 0. The zero-order valence-corrected chi connectivity index (χ0v) is 21.8. The number of aromatic nitrogens is 4. The predicted molar refractivity (Wildman–Crippen MR) is 142 cm³/mol. The molecule has 4 aromatic rings. The third-order valence-electron chi connectivity index (χ3n) is 7.06. The number of fused-ring (bicyclic) bond motifs is 6. The van der Waals surface area contributed by atoms with Crippen molar-refractivity contribution >= 4 is 5.69 Å². The molecule has 182 valence electrons. The van der Waals surface area contributed by atoms with Crippen LogP contribution in [-0.4, -0.2) is 26.6 Å². The first kappa shape index (κ1) is 23.2. The van der Waals surface area contributed by atoms with Crippen LogP contribution in [0.5, 0.6) is 5.75 Å². The Morgan fingerprint density at radius 2 is 1.31 bits per heavy atom. The molecule has 0 bridgehead atoms. The number of para-hydroxylation sites is 2. The number of nitrogens with zero attached hydrogens (tertiary/aromatic N) is 5. The monoisotopic (exact) mass is 469 g/mol. The molecule has 0 fully saturated rings. The summed E-state index contributed by atoms with van der Waals surface area (Å²) in [5, 5.41) is 8.70. The van der Waals surface area contributed by atoms with Crippen molar-refractivity contribution in [1.29, 1.82) is 0 Å². The first-order valence-electron chi connectivity index (χ1n) is 12.4. The molecule has 6 rings (SSSR count). The Labute approximate surface area is 208 Å². The molecule has 2 aliphatic rings. The van der Waals surface area contributed by atoms with Gasteiger partial charge >= 0.3 is 0 Å². The van der Waals surface area contributed by atoms with Gasteiger partial charge in [-0.2, -0.15) is 10.2 Å². The highest BCUT2D eigenvalue weighted by atomic mass is 16.5. The molecular formula is C29H35N5O. The van der Waals surface area contributed by atoms with Gasteiger partial charge in [-0.25, -0.2) is 0 Å². The molecule has 4 heterocycles. The molecule has 0 aliphatic carbocycles. The average molecular weight is 470 g/mol. The van der Waals surface area contributed by atoms with Crippen LogP contribution in [-0.2, 0) is 27.2 Å². The van der Waals surface area contributed by atoms with Crippen LogP contribution in [0.15, 0.2) is 48.8 Å². The van der Waals surface area contributed by atoms with Crippen LogP contribution in [0.2, 0.25) is 0 Å². The van der Waals surface area contributed by atoms with E-state index in [0.29, 0.717) is 18.4 Å². The lowest BCUT2D eigenvalue weighted by molar-refractivity contribution is 0.297. The SMILES string of the molecule is CC(C)c1cccc2c1N(C)Cc1cnn(C)c1-2.CC(C)c1cccc2c1OCc1cnn(C)c1-2. The van der Waals surface area contributed by atoms with Crippen molar-refractivity contribution in [2.24, 2.45) is 14.1 Å². The summed E-state index contributed by atoms with van der Waals surface area (Å²) >= 11 is 0. The molecule has 35 heavy (non-hydrogen) atoms. The van der Waals surface area contributed by atoms with Crippen LogP contribution in [0.25, 0.3) is 22.5 Å². The molecular weight excluding hydrogens is 434 g/mol. The van der Waals surface area contributed by atoms with Crippen molar-refractivity contribution in [1.82, 2.24) is 19.6 Å². The fourth-order valence-electron chi connectivity index (χ4n) is 5.37. The first-order chi connectivity index (χ1) is 16.8. The second-order valence-electron chi connectivity index (χ2n) is 10.2. The van der Waals surface area contributed by atoms with Crippen molar-refractivity contribution in [2.75, 3.05) is 11.9 Å². The Bertz CT molecular complexity index is 1380. The Morgan fingerprint density at radius 1 is 0.743 bits per heavy atom. The highest BCUT2D eigenvalue weighted by molar-refractivity contribution is 5.84. The average Bonchev–Trinajstić information content (AvgIpc) is 3.41. The maximum absolute atomic E-state index is 5.90. The van der Waals surface area contributed by atoms with Gasteiger partial charge in [0.2, 0.25) is 0 Å². The second kappa shape index (κ2) is 8.91. The Morgan fingerprint density at radius 3 is 1.97 bits per heavy atom. The lowest BCUT2D eigenvalue weighted by Gasteiger charge is -2.31. The molecule has 0 unspecified atom stereocenters. The number of benzene rings is 2. The highest BCUT2D eigenvalue weighted by Crippen LogP contribution is 2.43. The zero-order valence-electron chi connectivity index (χ0n) is 21.8. The Kier molecular flexibility index (Phi) is 5.91. The second-order valence-corrected chi connectivity index (χ2v) is 10.2. The van der Waals surface area contributed by atoms with Gasteiger partial charge in [0.05, 0.1) is 23.8 Å². The van der Waals surface area contributed by atoms with E-state index in [4.69, 9.17) is 4.74 Å². The van der Waals surface area contributed by atoms with E-state index in [2.05, 4.69) is 86.2 Å². The zero-order chi connectivity index (χ0) is 24.9. The van der Waals surface area contributed by atoms with Gasteiger partial charge in [0.15, 0.2) is 0 Å². The van der Waals surface area contributed by atoms with Crippen LogP contribution in [0, 0.1) is 0 Å². The van der Waals surface area contributed by atoms with Crippen molar-refractivity contribution in [3.63, 3.8) is 0 Å². The van der Waals surface area contributed by atoms with Crippen LogP contribution in [0.4, 0.5) is 5.69 Å². The summed E-state index contributed by atoms with van der Waals surface area (Å²) in [6.45, 7) is 10.5. The minimum atomic E-state index is 0.472. The predicted octanol–water partition coefficient (Wildman–Crippen LogP) is 6.26. The quantitative estimate of drug-likeness (QED) is 0.347. The molecule has 0 saturated carbocycles. The number of rotatable bonds is 2. The summed E-state index contributed by atoms with van der Waals surface area (Å²) in [4.78, 5) is 2.34. The largest absolute Gasteiger partial charge is 0.488 e. The highest BCUT2D eigenvalue weighted by Gasteiger charge is 2.26. The van der Waals surface area contributed by atoms with Gasteiger partial charge in [-0.05, 0) is 29.0 Å². The molecule has 2 aromatic heterocycles. The molecule has 2 aliphatic heterocycles. The molecule has 6 heteroatoms. The molecule has 2 aromatic carbocycles. The maximum Gasteiger partial charge on any atom is 0.132 e. The van der Waals surface area contributed by atoms with E-state index in [9.17, 15) is 0 Å². The summed E-state index contributed by atoms with van der Waals surface area (Å²) in [6.07, 6.45) is 3.87. The van der Waals surface area contributed by atoms with E-state index in [-0.39, 0.29) is 0 Å². The van der Waals surface area contributed by atoms with E-state index >= 15 is 0 Å². The molecule has 0 saturated heterocycles. The topological polar surface area (TPSA) is 48.1 Å². The smallest absolute Gasteiger partial charge is 0.132 e. The van der Waals surface area contributed by atoms with Gasteiger partial charge in [0.1, 0.15) is 12.4 Å². The third-order valence-corrected chi connectivity index (χ3v) is 7.06. The number of anilines is 1. The van der Waals surface area contributed by atoms with Crippen molar-refractivity contribution in [3.05, 3.63) is 71.0 Å². The van der Waals surface area contributed by atoms with Crippen molar-refractivity contribution in [2.45, 2.75) is 52.7 Å². The Hall–Kier alpha value is -3.54. The summed E-state index contributed by atoms with van der Waals surface area (Å²) < 4.78 is 9.83. The van der Waals surface area contributed by atoms with Gasteiger partial charge in [-0.1, -0.05) is 58.0 Å². The van der Waals surface area contributed by atoms with Crippen LogP contribution < -0.4 is 9.64 Å². The van der Waals surface area contributed by atoms with E-state index in [1.807, 2.05) is 35.9 Å². The lowest BCUT2D eigenvalue weighted by Crippen LogP contribution is -2.23. The van der Waals surface area contributed by atoms with E-state index in [1.165, 1.54) is 44.9 Å². The number of ether oxygens (including phenoxy) is 1. The normalized spacial score (nSPS) is 13.5. The van der Waals surface area contributed by atoms with Crippen LogP contribution >= 0.6 is 0 Å². The standard InChI is InChI=1S/C15H19N3.C14H16N2O/c1-10(2)12-6-5-7-13-14-11(8-16-18(14)4)9-17(3)15(12)13;1-9(2)11-5-4-6-12-13-10(7-15-16(13)3)8-17-14(11)12/h5-8,10H,9H2,1-4H3;4-7,9H,8H2,1-3H3. The fourth-order valence-corrected chi connectivity index (χ4v) is 5.37. The fraction of sp³-hybridized carbons (Fsp3) is 0.379. The summed E-state index contributed by atoms with van der Waals surface area (Å²) in [5.41, 5.74) is 11.5. The molecule has 6 nitrogen and oxygen atoms in total. The van der Waals surface area contributed by atoms with E-state index in [0.717, 1.165) is 17.9 Å². The molecule has 0 N–H and O–H groups in total. The molecule has 0 radical (unpaired) electrons. The van der Waals surface area contributed by atoms with Gasteiger partial charge < -0.3 is 9.64 Å². The third kappa shape index (κ3) is 3.91. The van der Waals surface area contributed by atoms with Gasteiger partial charge in [0.25, 0.3) is 0 Å². The van der Waals surface area contributed by atoms with Crippen LogP contribution in [0.3, 0.4) is 0 Å². The number of hydrogen-bond acceptors (Lipinski definition) is 4. The lowest BCUT2D eigenvalue weighted by atomic mass is 9.92. The molecule has 0 amide bonds. The number of aryl methyl sites for hydroxylation is 2. The van der Waals surface area contributed by atoms with Crippen molar-refractivity contribution in [3.8, 4) is 28.3 Å². The van der Waals surface area contributed by atoms with E-state index < -0.39 is 0 Å². The Balaban J connectivity index is 0.000000145. The summed E-state index contributed by atoms with van der Waals surface area (Å²) in [7, 11) is 6.17. The minimum absolute atomic E-state index is 0.472. The van der Waals surface area contributed by atoms with E-state index in [1.54, 1.807) is 0 Å². The molecule has 0 spiro atoms. The minimum Gasteiger partial charge on any atom is -0.488 e. The van der Waals surface area contributed by atoms with Crippen LogP contribution in [0.1, 0.15) is 61.8 Å². The summed E-state index contributed by atoms with van der Waals surface area (Å²) in [6, 6.07) is 13.0. The maximum atomic E-state index is 5.90. The van der Waals surface area contributed by atoms with Crippen molar-refractivity contribution < 1.29 is 4.74 Å². The van der Waals surface area contributed by atoms with Gasteiger partial charge in [-0.15, -0.1) is 0 Å². The van der Waals surface area contributed by atoms with Gasteiger partial charge in [-0.3, -0.25) is 9.36 Å².